The first kappa shape index (κ1) is 38.4. The van der Waals surface area contributed by atoms with Crippen LogP contribution in [0.3, 0.4) is 0 Å². The fraction of sp³-hybridized carbons (Fsp3) is 0.200. The average Bonchev–Trinajstić information content (AvgIpc) is 3.14. The number of hydrogen-bond acceptors (Lipinski definition) is 6. The Morgan fingerprint density at radius 1 is 0.566 bits per heavy atom. The zero-order chi connectivity index (χ0) is 37.8. The zero-order valence-corrected chi connectivity index (χ0v) is 29.9. The van der Waals surface area contributed by atoms with Crippen LogP contribution in [0, 0.1) is 0 Å². The van der Waals surface area contributed by atoms with E-state index in [1.54, 1.807) is 0 Å². The Morgan fingerprint density at radius 2 is 1.02 bits per heavy atom. The molecule has 3 atom stereocenters. The minimum absolute atomic E-state index is 0.0229. The van der Waals surface area contributed by atoms with Crippen LogP contribution in [0.5, 0.6) is 5.75 Å². The lowest BCUT2D eigenvalue weighted by atomic mass is 10.0. The number of phosphoric acid groups is 1. The van der Waals surface area contributed by atoms with Crippen LogP contribution >= 0.6 is 7.82 Å². The van der Waals surface area contributed by atoms with Gasteiger partial charge in [-0.1, -0.05) is 115 Å². The highest BCUT2D eigenvalue weighted by Crippen LogP contribution is 2.37. The second kappa shape index (κ2) is 18.1. The van der Waals surface area contributed by atoms with Gasteiger partial charge in [0.15, 0.2) is 0 Å². The molecule has 0 aromatic heterocycles. The number of likely N-dealkylation sites (N-methyl/N-ethyl adjacent to an activating group) is 1. The number of amides is 4. The molecule has 0 heterocycles. The molecule has 0 radical (unpaired) electrons. The van der Waals surface area contributed by atoms with Crippen molar-refractivity contribution in [3.05, 3.63) is 150 Å². The summed E-state index contributed by atoms with van der Waals surface area (Å²) < 4.78 is 15.8. The Morgan fingerprint density at radius 3 is 1.55 bits per heavy atom. The molecule has 0 bridgehead atoms. The smallest absolute Gasteiger partial charge is 0.404 e. The predicted octanol–water partition coefficient (Wildman–Crippen LogP) is 3.78. The summed E-state index contributed by atoms with van der Waals surface area (Å²) in [6.45, 7) is 0. The van der Waals surface area contributed by atoms with Crippen LogP contribution in [0.1, 0.15) is 22.3 Å². The lowest BCUT2D eigenvalue weighted by molar-refractivity contribution is -0.133. The minimum Gasteiger partial charge on any atom is -0.404 e. The van der Waals surface area contributed by atoms with Crippen LogP contribution in [-0.4, -0.2) is 58.6 Å². The number of carbonyl (C=O) groups excluding carboxylic acids is 4. The van der Waals surface area contributed by atoms with Crippen LogP contribution in [-0.2, 0) is 49.4 Å². The molecule has 12 nitrogen and oxygen atoms in total. The van der Waals surface area contributed by atoms with Crippen molar-refractivity contribution in [2.24, 2.45) is 0 Å². The van der Waals surface area contributed by atoms with E-state index >= 15 is 0 Å². The van der Waals surface area contributed by atoms with E-state index in [1.807, 2.05) is 103 Å². The number of carbonyl (C=O) groups is 4. The van der Waals surface area contributed by atoms with Gasteiger partial charge in [0, 0.05) is 26.3 Å². The van der Waals surface area contributed by atoms with Crippen molar-refractivity contribution in [1.29, 1.82) is 0 Å². The summed E-state index contributed by atoms with van der Waals surface area (Å²) >= 11 is 0. The van der Waals surface area contributed by atoms with E-state index in [0.29, 0.717) is 5.56 Å². The standard InChI is InChI=1S/C40H41N4O8P/c1-41-38(46)34(25-29-17-20-33(21-18-29)52-53(49,50)51)43-40(48)36(24-28-12-6-3-7-13-28)44-39(47)35(23-27-10-4-2-5-11-27)42-37(45)26-30-16-19-31-14-8-9-15-32(31)22-30/h2-22,34-36H,23-26H2,1H3,(H,41,46)(H,42,45)(H,43,48)(H,44,47)(H2,49,50,51)/t34-,35-,36-/m1/s1. The highest BCUT2D eigenvalue weighted by atomic mass is 31.2. The number of phosphoric ester groups is 1. The van der Waals surface area contributed by atoms with Crippen molar-refractivity contribution in [3.8, 4) is 5.75 Å². The number of hydrogen-bond donors (Lipinski definition) is 6. The summed E-state index contributed by atoms with van der Waals surface area (Å²) in [5.74, 6) is -2.13. The SMILES string of the molecule is CNC(=O)[C@@H](Cc1ccc(OP(=O)(O)O)cc1)NC(=O)[C@@H](Cc1ccccc1)NC(=O)[C@@H](Cc1ccccc1)NC(=O)Cc1ccc2ccccc2c1. The number of benzene rings is 5. The monoisotopic (exact) mass is 736 g/mol. The van der Waals surface area contributed by atoms with Gasteiger partial charge in [0.25, 0.3) is 0 Å². The van der Waals surface area contributed by atoms with Gasteiger partial charge in [0.05, 0.1) is 6.42 Å². The summed E-state index contributed by atoms with van der Waals surface area (Å²) in [5.41, 5.74) is 2.91. The second-order valence-electron chi connectivity index (χ2n) is 12.5. The van der Waals surface area contributed by atoms with Gasteiger partial charge in [-0.25, -0.2) is 4.57 Å². The Balaban J connectivity index is 1.35. The third-order valence-corrected chi connectivity index (χ3v) is 8.94. The van der Waals surface area contributed by atoms with Crippen molar-refractivity contribution in [3.63, 3.8) is 0 Å². The summed E-state index contributed by atoms with van der Waals surface area (Å²) in [6.07, 6.45) is 0.321. The number of nitrogens with one attached hydrogen (secondary N) is 4. The molecular formula is C40H41N4O8P. The minimum atomic E-state index is -4.76. The van der Waals surface area contributed by atoms with Crippen molar-refractivity contribution in [2.75, 3.05) is 7.05 Å². The molecule has 5 aromatic rings. The van der Waals surface area contributed by atoms with E-state index in [1.165, 1.54) is 31.3 Å². The molecule has 13 heteroatoms. The molecule has 0 fully saturated rings. The van der Waals surface area contributed by atoms with E-state index in [9.17, 15) is 23.7 Å². The first-order valence-corrected chi connectivity index (χ1v) is 18.5. The van der Waals surface area contributed by atoms with E-state index < -0.39 is 43.7 Å². The quantitative estimate of drug-likeness (QED) is 0.0828. The van der Waals surface area contributed by atoms with Crippen LogP contribution < -0.4 is 25.8 Å². The van der Waals surface area contributed by atoms with Gasteiger partial charge < -0.3 is 25.8 Å². The topological polar surface area (TPSA) is 183 Å². The van der Waals surface area contributed by atoms with E-state index in [2.05, 4.69) is 25.8 Å². The first-order valence-electron chi connectivity index (χ1n) is 17.0. The Bertz CT molecular complexity index is 2070. The molecule has 53 heavy (non-hydrogen) atoms. The van der Waals surface area contributed by atoms with Crippen LogP contribution in [0.25, 0.3) is 10.8 Å². The van der Waals surface area contributed by atoms with Crippen molar-refractivity contribution in [1.82, 2.24) is 21.3 Å². The lowest BCUT2D eigenvalue weighted by Crippen LogP contribution is -2.58. The first-order chi connectivity index (χ1) is 25.5. The summed E-state index contributed by atoms with van der Waals surface area (Å²) in [4.78, 5) is 72.6. The van der Waals surface area contributed by atoms with Crippen LogP contribution in [0.2, 0.25) is 0 Å². The molecular weight excluding hydrogens is 695 g/mol. The maximum absolute atomic E-state index is 14.1. The number of fused-ring (bicyclic) bond motifs is 1. The molecule has 0 spiro atoms. The lowest BCUT2D eigenvalue weighted by Gasteiger charge is -2.25. The van der Waals surface area contributed by atoms with Gasteiger partial charge in [-0.3, -0.25) is 29.0 Å². The summed E-state index contributed by atoms with van der Waals surface area (Å²) in [7, 11) is -3.33. The molecule has 0 saturated heterocycles. The maximum Gasteiger partial charge on any atom is 0.524 e. The highest BCUT2D eigenvalue weighted by Gasteiger charge is 2.30. The van der Waals surface area contributed by atoms with Gasteiger partial charge >= 0.3 is 7.82 Å². The molecule has 5 aromatic carbocycles. The van der Waals surface area contributed by atoms with Crippen molar-refractivity contribution >= 4 is 42.2 Å². The van der Waals surface area contributed by atoms with Gasteiger partial charge in [-0.15, -0.1) is 0 Å². The molecule has 274 valence electrons. The molecule has 0 saturated carbocycles. The van der Waals surface area contributed by atoms with E-state index in [-0.39, 0.29) is 37.3 Å². The van der Waals surface area contributed by atoms with Crippen molar-refractivity contribution in [2.45, 2.75) is 43.8 Å². The predicted molar refractivity (Wildman–Crippen MR) is 201 cm³/mol. The molecule has 0 aliphatic heterocycles. The molecule has 0 aliphatic rings. The molecule has 6 N–H and O–H groups in total. The zero-order valence-electron chi connectivity index (χ0n) is 29.0. The molecule has 4 amide bonds. The van der Waals surface area contributed by atoms with Gasteiger partial charge in [0.1, 0.15) is 23.9 Å². The Kier molecular flexibility index (Phi) is 13.1. The average molecular weight is 737 g/mol. The Hall–Kier alpha value is -5.81. The van der Waals surface area contributed by atoms with Crippen molar-refractivity contribution < 1.29 is 38.1 Å². The maximum atomic E-state index is 14.1. The third kappa shape index (κ3) is 11.9. The normalized spacial score (nSPS) is 12.9. The fourth-order valence-electron chi connectivity index (χ4n) is 5.89. The van der Waals surface area contributed by atoms with E-state index in [0.717, 1.165) is 27.5 Å². The van der Waals surface area contributed by atoms with Gasteiger partial charge in [-0.05, 0) is 45.2 Å². The molecule has 0 aliphatic carbocycles. The van der Waals surface area contributed by atoms with Crippen LogP contribution in [0.4, 0.5) is 0 Å². The summed E-state index contributed by atoms with van der Waals surface area (Å²) in [5, 5.41) is 13.1. The van der Waals surface area contributed by atoms with Gasteiger partial charge in [0.2, 0.25) is 23.6 Å². The third-order valence-electron chi connectivity index (χ3n) is 8.50. The fourth-order valence-corrected chi connectivity index (χ4v) is 6.28. The summed E-state index contributed by atoms with van der Waals surface area (Å²) in [6, 6.07) is 34.4. The van der Waals surface area contributed by atoms with Crippen LogP contribution in [0.15, 0.2) is 127 Å². The molecule has 5 rings (SSSR count). The highest BCUT2D eigenvalue weighted by molar-refractivity contribution is 7.46. The van der Waals surface area contributed by atoms with Gasteiger partial charge in [-0.2, -0.15) is 0 Å². The second-order valence-corrected chi connectivity index (χ2v) is 13.7. The van der Waals surface area contributed by atoms with E-state index in [4.69, 9.17) is 9.79 Å². The number of rotatable bonds is 16. The largest absolute Gasteiger partial charge is 0.524 e. The molecule has 0 unspecified atom stereocenters. The Labute approximate surface area is 307 Å².